The van der Waals surface area contributed by atoms with Gasteiger partial charge in [0.15, 0.2) is 5.78 Å². The van der Waals surface area contributed by atoms with E-state index in [1.807, 2.05) is 0 Å². The number of aliphatic carboxylic acids is 1. The number of ether oxygens (including phenoxy) is 1. The number of benzene rings is 2. The zero-order chi connectivity index (χ0) is 15.4. The van der Waals surface area contributed by atoms with Gasteiger partial charge in [-0.25, -0.2) is 0 Å². The second-order valence-corrected chi connectivity index (χ2v) is 4.50. The lowest BCUT2D eigenvalue weighted by atomic mass is 9.99. The van der Waals surface area contributed by atoms with Crippen molar-refractivity contribution < 1.29 is 19.4 Å². The molecule has 0 aliphatic carbocycles. The van der Waals surface area contributed by atoms with E-state index in [0.717, 1.165) is 0 Å². The number of hydrogen-bond donors (Lipinski definition) is 2. The summed E-state index contributed by atoms with van der Waals surface area (Å²) >= 11 is 0. The Morgan fingerprint density at radius 3 is 2.33 bits per heavy atom. The molecule has 5 nitrogen and oxygen atoms in total. The number of carboxylic acids is 1. The summed E-state index contributed by atoms with van der Waals surface area (Å²) in [5.74, 6) is -0.672. The molecule has 21 heavy (non-hydrogen) atoms. The van der Waals surface area contributed by atoms with Crippen LogP contribution in [0, 0.1) is 0 Å². The van der Waals surface area contributed by atoms with E-state index in [4.69, 9.17) is 15.6 Å². The first kappa shape index (κ1) is 14.7. The molecular formula is C16H15NO4. The number of carbonyl (C=O) groups is 2. The third-order valence-electron chi connectivity index (χ3n) is 3.13. The van der Waals surface area contributed by atoms with Crippen LogP contribution >= 0.6 is 0 Å². The predicted molar refractivity (Wildman–Crippen MR) is 77.4 cm³/mol. The number of carbonyl (C=O) groups excluding carboxylic acids is 1. The van der Waals surface area contributed by atoms with Crippen molar-refractivity contribution in [1.82, 2.24) is 0 Å². The Hall–Kier alpha value is -2.66. The Morgan fingerprint density at radius 2 is 1.76 bits per heavy atom. The van der Waals surface area contributed by atoms with Crippen LogP contribution in [-0.4, -0.2) is 24.0 Å². The van der Waals surface area contributed by atoms with Gasteiger partial charge in [-0.1, -0.05) is 18.2 Å². The highest BCUT2D eigenvalue weighted by atomic mass is 16.5. The van der Waals surface area contributed by atoms with E-state index in [0.29, 0.717) is 22.4 Å². The van der Waals surface area contributed by atoms with Gasteiger partial charge in [0.25, 0.3) is 0 Å². The monoisotopic (exact) mass is 285 g/mol. The first-order valence-corrected chi connectivity index (χ1v) is 6.30. The summed E-state index contributed by atoms with van der Waals surface area (Å²) in [7, 11) is 1.55. The summed E-state index contributed by atoms with van der Waals surface area (Å²) in [6, 6.07) is 11.9. The van der Waals surface area contributed by atoms with E-state index in [1.54, 1.807) is 49.6 Å². The average Bonchev–Trinajstić information content (AvgIpc) is 2.53. The van der Waals surface area contributed by atoms with Crippen molar-refractivity contribution in [3.8, 4) is 5.75 Å². The summed E-state index contributed by atoms with van der Waals surface area (Å²) in [6.45, 7) is 0. The van der Waals surface area contributed by atoms with Crippen molar-refractivity contribution in [3.05, 3.63) is 65.2 Å². The van der Waals surface area contributed by atoms with Gasteiger partial charge >= 0.3 is 5.97 Å². The zero-order valence-electron chi connectivity index (χ0n) is 11.4. The molecule has 0 bridgehead atoms. The topological polar surface area (TPSA) is 89.6 Å². The van der Waals surface area contributed by atoms with Gasteiger partial charge in [-0.05, 0) is 35.9 Å². The maximum Gasteiger partial charge on any atom is 0.325 e. The van der Waals surface area contributed by atoms with Crippen LogP contribution in [0.25, 0.3) is 0 Å². The lowest BCUT2D eigenvalue weighted by Gasteiger charge is -2.09. The van der Waals surface area contributed by atoms with Crippen LogP contribution in [0.2, 0.25) is 0 Å². The number of methoxy groups -OCH3 is 1. The lowest BCUT2D eigenvalue weighted by molar-refractivity contribution is -0.138. The highest BCUT2D eigenvalue weighted by molar-refractivity contribution is 6.09. The van der Waals surface area contributed by atoms with E-state index in [9.17, 15) is 9.59 Å². The van der Waals surface area contributed by atoms with Crippen molar-refractivity contribution in [1.29, 1.82) is 0 Å². The maximum atomic E-state index is 12.4. The minimum absolute atomic E-state index is 0.197. The molecule has 3 N–H and O–H groups in total. The van der Waals surface area contributed by atoms with Crippen LogP contribution < -0.4 is 10.5 Å². The molecule has 0 fully saturated rings. The summed E-state index contributed by atoms with van der Waals surface area (Å²) in [5.41, 5.74) is 6.84. The molecule has 0 spiro atoms. The number of hydrogen-bond acceptors (Lipinski definition) is 4. The van der Waals surface area contributed by atoms with Crippen LogP contribution in [0.3, 0.4) is 0 Å². The van der Waals surface area contributed by atoms with Crippen molar-refractivity contribution in [2.75, 3.05) is 7.11 Å². The van der Waals surface area contributed by atoms with Gasteiger partial charge in [-0.15, -0.1) is 0 Å². The van der Waals surface area contributed by atoms with Crippen molar-refractivity contribution in [2.45, 2.75) is 6.04 Å². The van der Waals surface area contributed by atoms with Crippen LogP contribution in [0.4, 0.5) is 0 Å². The number of nitrogens with two attached hydrogens (primary N) is 1. The van der Waals surface area contributed by atoms with Gasteiger partial charge in [0.05, 0.1) is 7.11 Å². The fraction of sp³-hybridized carbons (Fsp3) is 0.125. The van der Waals surface area contributed by atoms with Crippen molar-refractivity contribution >= 4 is 11.8 Å². The third kappa shape index (κ3) is 3.27. The molecule has 0 radical (unpaired) electrons. The molecule has 2 rings (SSSR count). The lowest BCUT2D eigenvalue weighted by Crippen LogP contribution is -2.20. The number of rotatable bonds is 5. The maximum absolute atomic E-state index is 12.4. The second kappa shape index (κ2) is 6.19. The van der Waals surface area contributed by atoms with Gasteiger partial charge in [-0.2, -0.15) is 0 Å². The largest absolute Gasteiger partial charge is 0.497 e. The van der Waals surface area contributed by atoms with Crippen LogP contribution in [0.5, 0.6) is 5.75 Å². The van der Waals surface area contributed by atoms with Gasteiger partial charge in [0, 0.05) is 11.1 Å². The van der Waals surface area contributed by atoms with Crippen molar-refractivity contribution in [3.63, 3.8) is 0 Å². The van der Waals surface area contributed by atoms with Gasteiger partial charge in [0.1, 0.15) is 11.8 Å². The minimum Gasteiger partial charge on any atom is -0.497 e. The summed E-state index contributed by atoms with van der Waals surface area (Å²) in [6.07, 6.45) is 0. The van der Waals surface area contributed by atoms with Crippen LogP contribution in [0.15, 0.2) is 48.5 Å². The highest BCUT2D eigenvalue weighted by Gasteiger charge is 2.16. The quantitative estimate of drug-likeness (QED) is 0.820. The highest BCUT2D eigenvalue weighted by Crippen LogP contribution is 2.18. The minimum atomic E-state index is -1.14. The second-order valence-electron chi connectivity index (χ2n) is 4.50. The van der Waals surface area contributed by atoms with E-state index >= 15 is 0 Å². The van der Waals surface area contributed by atoms with E-state index in [-0.39, 0.29) is 5.78 Å². The molecule has 2 aromatic carbocycles. The molecule has 108 valence electrons. The Balaban J connectivity index is 2.30. The SMILES string of the molecule is COc1ccc(C(=O)c2cccc(C(N)C(=O)O)c2)cc1. The fourth-order valence-electron chi connectivity index (χ4n) is 1.92. The average molecular weight is 285 g/mol. The Labute approximate surface area is 122 Å². The summed E-state index contributed by atoms with van der Waals surface area (Å²) in [5, 5.41) is 8.92. The Bertz CT molecular complexity index is 664. The molecule has 0 heterocycles. The van der Waals surface area contributed by atoms with Crippen LogP contribution in [-0.2, 0) is 4.79 Å². The molecule has 0 saturated heterocycles. The fourth-order valence-corrected chi connectivity index (χ4v) is 1.92. The molecular weight excluding hydrogens is 270 g/mol. The van der Waals surface area contributed by atoms with Gasteiger partial charge in [0.2, 0.25) is 0 Å². The normalized spacial score (nSPS) is 11.7. The van der Waals surface area contributed by atoms with Gasteiger partial charge in [-0.3, -0.25) is 9.59 Å². The van der Waals surface area contributed by atoms with E-state index in [2.05, 4.69) is 0 Å². The molecule has 1 unspecified atom stereocenters. The first-order chi connectivity index (χ1) is 10.0. The predicted octanol–water partition coefficient (Wildman–Crippen LogP) is 2.01. The van der Waals surface area contributed by atoms with Gasteiger partial charge < -0.3 is 15.6 Å². The standard InChI is InChI=1S/C16H15NO4/c1-21-13-7-5-10(6-8-13)15(18)12-4-2-3-11(9-12)14(17)16(19)20/h2-9,14H,17H2,1H3,(H,19,20). The Morgan fingerprint density at radius 1 is 1.10 bits per heavy atom. The van der Waals surface area contributed by atoms with Crippen LogP contribution in [0.1, 0.15) is 27.5 Å². The van der Waals surface area contributed by atoms with E-state index < -0.39 is 12.0 Å². The Kier molecular flexibility index (Phi) is 4.35. The molecule has 0 saturated carbocycles. The van der Waals surface area contributed by atoms with E-state index in [1.165, 1.54) is 6.07 Å². The molecule has 2 aromatic rings. The molecule has 1 atom stereocenters. The summed E-state index contributed by atoms with van der Waals surface area (Å²) in [4.78, 5) is 23.3. The molecule has 0 aliphatic heterocycles. The van der Waals surface area contributed by atoms with Crippen molar-refractivity contribution in [2.24, 2.45) is 5.73 Å². The molecule has 5 heteroatoms. The smallest absolute Gasteiger partial charge is 0.325 e. The third-order valence-corrected chi connectivity index (χ3v) is 3.13. The molecule has 0 amide bonds. The molecule has 0 aromatic heterocycles. The zero-order valence-corrected chi connectivity index (χ0v) is 11.4. The molecule has 0 aliphatic rings. The summed E-state index contributed by atoms with van der Waals surface area (Å²) < 4.78 is 5.04. The number of ketones is 1. The first-order valence-electron chi connectivity index (χ1n) is 6.30. The number of carboxylic acid groups (broad SMARTS) is 1.